The Labute approximate surface area is 93.0 Å². The zero-order valence-electron chi connectivity index (χ0n) is 10.2. The summed E-state index contributed by atoms with van der Waals surface area (Å²) < 4.78 is 0. The Kier molecular flexibility index (Phi) is 3.03. The minimum absolute atomic E-state index is 0.263. The van der Waals surface area contributed by atoms with Gasteiger partial charge in [0.05, 0.1) is 0 Å². The summed E-state index contributed by atoms with van der Waals surface area (Å²) in [4.78, 5) is 13.6. The van der Waals surface area contributed by atoms with E-state index in [1.165, 1.54) is 25.7 Å². The van der Waals surface area contributed by atoms with Crippen molar-refractivity contribution in [3.8, 4) is 0 Å². The maximum Gasteiger partial charge on any atom is 0.219 e. The SMILES string of the molecule is CC(=O)N1CC2CCC[C@H](C)C2C[C@@H]1C. The zero-order chi connectivity index (χ0) is 11.0. The van der Waals surface area contributed by atoms with Crippen LogP contribution in [0.5, 0.6) is 0 Å². The van der Waals surface area contributed by atoms with E-state index in [2.05, 4.69) is 18.7 Å². The molecule has 15 heavy (non-hydrogen) atoms. The minimum Gasteiger partial charge on any atom is -0.340 e. The summed E-state index contributed by atoms with van der Waals surface area (Å²) in [6, 6.07) is 0.462. The van der Waals surface area contributed by atoms with E-state index in [1.54, 1.807) is 6.92 Å². The topological polar surface area (TPSA) is 20.3 Å². The summed E-state index contributed by atoms with van der Waals surface area (Å²) in [5, 5.41) is 0. The van der Waals surface area contributed by atoms with E-state index in [0.29, 0.717) is 6.04 Å². The van der Waals surface area contributed by atoms with Crippen molar-refractivity contribution in [2.75, 3.05) is 6.54 Å². The van der Waals surface area contributed by atoms with Crippen LogP contribution in [0.1, 0.15) is 46.5 Å². The quantitative estimate of drug-likeness (QED) is 0.600. The van der Waals surface area contributed by atoms with Gasteiger partial charge in [0.25, 0.3) is 0 Å². The number of hydrogen-bond donors (Lipinski definition) is 0. The predicted molar refractivity (Wildman–Crippen MR) is 61.5 cm³/mol. The smallest absolute Gasteiger partial charge is 0.219 e. The molecule has 0 radical (unpaired) electrons. The fraction of sp³-hybridized carbons (Fsp3) is 0.923. The molecule has 0 bridgehead atoms. The Bertz CT molecular complexity index is 251. The molecule has 1 aliphatic carbocycles. The van der Waals surface area contributed by atoms with Gasteiger partial charge in [-0.1, -0.05) is 19.8 Å². The number of rotatable bonds is 0. The molecule has 1 saturated carbocycles. The average Bonchev–Trinajstić information content (AvgIpc) is 2.18. The Morgan fingerprint density at radius 3 is 2.67 bits per heavy atom. The molecule has 2 aliphatic rings. The monoisotopic (exact) mass is 209 g/mol. The minimum atomic E-state index is 0.263. The molecule has 2 rings (SSSR count). The van der Waals surface area contributed by atoms with E-state index in [4.69, 9.17) is 0 Å². The van der Waals surface area contributed by atoms with Crippen molar-refractivity contribution < 1.29 is 4.79 Å². The van der Waals surface area contributed by atoms with Gasteiger partial charge in [-0.15, -0.1) is 0 Å². The molecule has 2 unspecified atom stereocenters. The molecule has 2 heteroatoms. The molecule has 2 fully saturated rings. The summed E-state index contributed by atoms with van der Waals surface area (Å²) in [5.41, 5.74) is 0. The van der Waals surface area contributed by atoms with Gasteiger partial charge in [0.1, 0.15) is 0 Å². The summed E-state index contributed by atoms with van der Waals surface area (Å²) in [7, 11) is 0. The summed E-state index contributed by atoms with van der Waals surface area (Å²) in [6.07, 6.45) is 5.33. The van der Waals surface area contributed by atoms with Crippen LogP contribution in [0.4, 0.5) is 0 Å². The molecule has 4 atom stereocenters. The number of hydrogen-bond acceptors (Lipinski definition) is 1. The van der Waals surface area contributed by atoms with Gasteiger partial charge in [0, 0.05) is 19.5 Å². The number of carbonyl (C=O) groups excluding carboxylic acids is 1. The van der Waals surface area contributed by atoms with Crippen LogP contribution in [-0.4, -0.2) is 23.4 Å². The van der Waals surface area contributed by atoms with Crippen LogP contribution in [0.25, 0.3) is 0 Å². The van der Waals surface area contributed by atoms with Crippen LogP contribution in [0.15, 0.2) is 0 Å². The van der Waals surface area contributed by atoms with Crippen molar-refractivity contribution in [2.45, 2.75) is 52.5 Å². The standard InChI is InChI=1S/C13H23NO/c1-9-5-4-6-12-8-14(11(3)15)10(2)7-13(9)12/h9-10,12-13H,4-8H2,1-3H3/t9-,10-,12?,13?/m0/s1. The van der Waals surface area contributed by atoms with E-state index in [1.807, 2.05) is 0 Å². The van der Waals surface area contributed by atoms with Crippen LogP contribution in [0, 0.1) is 17.8 Å². The second kappa shape index (κ2) is 4.15. The highest BCUT2D eigenvalue weighted by atomic mass is 16.2. The highest BCUT2D eigenvalue weighted by molar-refractivity contribution is 5.73. The van der Waals surface area contributed by atoms with E-state index in [9.17, 15) is 4.79 Å². The third-order valence-electron chi connectivity index (χ3n) is 4.55. The van der Waals surface area contributed by atoms with Crippen molar-refractivity contribution in [3.63, 3.8) is 0 Å². The molecule has 2 nitrogen and oxygen atoms in total. The lowest BCUT2D eigenvalue weighted by Crippen LogP contribution is -2.50. The molecule has 0 aromatic heterocycles. The van der Waals surface area contributed by atoms with Gasteiger partial charge in [0.15, 0.2) is 0 Å². The van der Waals surface area contributed by atoms with E-state index < -0.39 is 0 Å². The lowest BCUT2D eigenvalue weighted by Gasteiger charge is -2.47. The first-order valence-corrected chi connectivity index (χ1v) is 6.36. The maximum absolute atomic E-state index is 11.5. The van der Waals surface area contributed by atoms with Gasteiger partial charge >= 0.3 is 0 Å². The van der Waals surface area contributed by atoms with Crippen molar-refractivity contribution in [1.29, 1.82) is 0 Å². The van der Waals surface area contributed by atoms with Gasteiger partial charge in [-0.05, 0) is 37.5 Å². The second-order valence-electron chi connectivity index (χ2n) is 5.59. The van der Waals surface area contributed by atoms with Crippen LogP contribution < -0.4 is 0 Å². The Balaban J connectivity index is 2.07. The molecule has 0 aromatic carbocycles. The molecular formula is C13H23NO. The maximum atomic E-state index is 11.5. The number of carbonyl (C=O) groups is 1. The van der Waals surface area contributed by atoms with Crippen molar-refractivity contribution >= 4 is 5.91 Å². The van der Waals surface area contributed by atoms with Gasteiger partial charge in [0.2, 0.25) is 5.91 Å². The van der Waals surface area contributed by atoms with Crippen LogP contribution in [0.2, 0.25) is 0 Å². The zero-order valence-corrected chi connectivity index (χ0v) is 10.2. The molecule has 1 heterocycles. The molecule has 1 aliphatic heterocycles. The lowest BCUT2D eigenvalue weighted by atomic mass is 9.68. The number of likely N-dealkylation sites (tertiary alicyclic amines) is 1. The van der Waals surface area contributed by atoms with Gasteiger partial charge in [-0.25, -0.2) is 0 Å². The first-order valence-electron chi connectivity index (χ1n) is 6.36. The van der Waals surface area contributed by atoms with Gasteiger partial charge < -0.3 is 4.90 Å². The molecule has 0 spiro atoms. The third kappa shape index (κ3) is 2.04. The van der Waals surface area contributed by atoms with Gasteiger partial charge in [-0.3, -0.25) is 4.79 Å². The molecular weight excluding hydrogens is 186 g/mol. The fourth-order valence-electron chi connectivity index (χ4n) is 3.64. The predicted octanol–water partition coefficient (Wildman–Crippen LogP) is 2.68. The summed E-state index contributed by atoms with van der Waals surface area (Å²) in [5.74, 6) is 2.80. The van der Waals surface area contributed by atoms with Crippen LogP contribution in [0.3, 0.4) is 0 Å². The molecule has 0 N–H and O–H groups in total. The Hall–Kier alpha value is -0.530. The number of piperidine rings is 1. The highest BCUT2D eigenvalue weighted by Crippen LogP contribution is 2.41. The van der Waals surface area contributed by atoms with Crippen LogP contribution >= 0.6 is 0 Å². The second-order valence-corrected chi connectivity index (χ2v) is 5.59. The van der Waals surface area contributed by atoms with E-state index in [-0.39, 0.29) is 5.91 Å². The number of amides is 1. The highest BCUT2D eigenvalue weighted by Gasteiger charge is 2.38. The average molecular weight is 209 g/mol. The molecule has 86 valence electrons. The molecule has 0 aromatic rings. The van der Waals surface area contributed by atoms with Crippen molar-refractivity contribution in [2.24, 2.45) is 17.8 Å². The Morgan fingerprint density at radius 2 is 2.00 bits per heavy atom. The number of nitrogens with zero attached hydrogens (tertiary/aromatic N) is 1. The largest absolute Gasteiger partial charge is 0.340 e. The fourth-order valence-corrected chi connectivity index (χ4v) is 3.64. The number of fused-ring (bicyclic) bond motifs is 1. The summed E-state index contributed by atoms with van der Waals surface area (Å²) >= 11 is 0. The van der Waals surface area contributed by atoms with Crippen molar-refractivity contribution in [1.82, 2.24) is 4.90 Å². The van der Waals surface area contributed by atoms with Crippen LogP contribution in [-0.2, 0) is 4.79 Å². The molecule has 1 amide bonds. The molecule has 1 saturated heterocycles. The van der Waals surface area contributed by atoms with Crippen molar-refractivity contribution in [3.05, 3.63) is 0 Å². The third-order valence-corrected chi connectivity index (χ3v) is 4.55. The first-order chi connectivity index (χ1) is 7.09. The normalized spacial score (nSPS) is 41.1. The lowest BCUT2D eigenvalue weighted by molar-refractivity contribution is -0.135. The summed E-state index contributed by atoms with van der Waals surface area (Å²) in [6.45, 7) is 7.33. The van der Waals surface area contributed by atoms with E-state index in [0.717, 1.165) is 24.3 Å². The first kappa shape index (κ1) is 11.0. The van der Waals surface area contributed by atoms with Gasteiger partial charge in [-0.2, -0.15) is 0 Å². The van der Waals surface area contributed by atoms with E-state index >= 15 is 0 Å². The Morgan fingerprint density at radius 1 is 1.27 bits per heavy atom.